The van der Waals surface area contributed by atoms with Crippen molar-refractivity contribution in [3.8, 4) is 0 Å². The molecule has 17 heteroatoms. The van der Waals surface area contributed by atoms with Crippen LogP contribution in [0.3, 0.4) is 0 Å². The van der Waals surface area contributed by atoms with Crippen molar-refractivity contribution in [1.29, 1.82) is 0 Å². The van der Waals surface area contributed by atoms with E-state index in [9.17, 15) is 42.3 Å². The third-order valence-corrected chi connectivity index (χ3v) is 10.4. The normalized spacial score (nSPS) is 23.9. The van der Waals surface area contributed by atoms with E-state index in [1.54, 1.807) is 41.5 Å². The number of benzene rings is 1. The number of ether oxygens (including phenoxy) is 2. The van der Waals surface area contributed by atoms with Crippen LogP contribution in [-0.2, 0) is 33.9 Å². The second-order valence-corrected chi connectivity index (χ2v) is 16.8. The van der Waals surface area contributed by atoms with Crippen molar-refractivity contribution in [2.24, 2.45) is 11.3 Å². The van der Waals surface area contributed by atoms with E-state index in [0.717, 1.165) is 4.90 Å². The minimum atomic E-state index is -3.95. The Labute approximate surface area is 290 Å². The molecule has 0 radical (unpaired) electrons. The van der Waals surface area contributed by atoms with Crippen LogP contribution in [0.1, 0.15) is 77.6 Å². The molecule has 5 atom stereocenters. The number of alkyl carbamates (subject to hydrolysis) is 1. The quantitative estimate of drug-likeness (QED) is 0.209. The van der Waals surface area contributed by atoms with E-state index >= 15 is 0 Å². The number of aromatic carboxylic acids is 1. The molecule has 3 fully saturated rings. The SMILES string of the molecule is C=CC1C[C@]1(NC(=O)[C@@H]1C[C@@H](OC(=O)Nc2ccccc2C(=O)O)CN1C(=O)[C@@H](NC(=O)OC(C)(C)C)C(C)(C)C)C(=O)NS(=O)(=O)C1CC1. The first-order chi connectivity index (χ1) is 23.1. The molecule has 0 bridgehead atoms. The van der Waals surface area contributed by atoms with Crippen molar-refractivity contribution in [1.82, 2.24) is 20.3 Å². The molecule has 1 heterocycles. The van der Waals surface area contributed by atoms with Crippen LogP contribution in [0.2, 0.25) is 0 Å². The Bertz CT molecular complexity index is 1680. The van der Waals surface area contributed by atoms with Crippen molar-refractivity contribution < 1.29 is 51.8 Å². The highest BCUT2D eigenvalue weighted by atomic mass is 32.2. The van der Waals surface area contributed by atoms with Crippen LogP contribution in [-0.4, -0.2) is 95.4 Å². The van der Waals surface area contributed by atoms with Gasteiger partial charge < -0.3 is 30.1 Å². The number of hydrogen-bond donors (Lipinski definition) is 5. The molecule has 16 nitrogen and oxygen atoms in total. The lowest BCUT2D eigenvalue weighted by Gasteiger charge is -2.36. The first-order valence-electron chi connectivity index (χ1n) is 16.2. The van der Waals surface area contributed by atoms with Crippen LogP contribution >= 0.6 is 0 Å². The summed E-state index contributed by atoms with van der Waals surface area (Å²) in [5.74, 6) is -4.36. The summed E-state index contributed by atoms with van der Waals surface area (Å²) < 4.78 is 38.2. The summed E-state index contributed by atoms with van der Waals surface area (Å²) in [6.07, 6.45) is -0.961. The average molecular weight is 720 g/mol. The molecule has 2 saturated carbocycles. The fraction of sp³-hybridized carbons (Fsp3) is 0.576. The molecule has 1 unspecified atom stereocenters. The summed E-state index contributed by atoms with van der Waals surface area (Å²) in [4.78, 5) is 80.1. The third kappa shape index (κ3) is 8.91. The minimum Gasteiger partial charge on any atom is -0.478 e. The molecule has 274 valence electrons. The first-order valence-corrected chi connectivity index (χ1v) is 17.7. The molecule has 1 aromatic rings. The average Bonchev–Trinajstić information content (AvgIpc) is 3.91. The first kappa shape index (κ1) is 38.1. The summed E-state index contributed by atoms with van der Waals surface area (Å²) in [6.45, 7) is 13.4. The number of sulfonamides is 1. The molecule has 1 aliphatic heterocycles. The molecule has 50 heavy (non-hydrogen) atoms. The summed E-state index contributed by atoms with van der Waals surface area (Å²) >= 11 is 0. The van der Waals surface area contributed by atoms with Gasteiger partial charge in [0.15, 0.2) is 0 Å². The lowest BCUT2D eigenvalue weighted by molar-refractivity contribution is -0.143. The van der Waals surface area contributed by atoms with E-state index in [1.165, 1.54) is 30.3 Å². The maximum Gasteiger partial charge on any atom is 0.411 e. The molecular formula is C33H45N5O11S. The number of nitrogens with one attached hydrogen (secondary N) is 4. The molecule has 0 spiro atoms. The highest BCUT2D eigenvalue weighted by Gasteiger charge is 2.62. The van der Waals surface area contributed by atoms with Gasteiger partial charge in [-0.1, -0.05) is 39.0 Å². The Morgan fingerprint density at radius 1 is 1.04 bits per heavy atom. The van der Waals surface area contributed by atoms with Gasteiger partial charge in [0.1, 0.15) is 29.3 Å². The maximum absolute atomic E-state index is 14.2. The second-order valence-electron chi connectivity index (χ2n) is 14.9. The lowest BCUT2D eigenvalue weighted by atomic mass is 9.85. The zero-order valence-corrected chi connectivity index (χ0v) is 29.7. The van der Waals surface area contributed by atoms with Gasteiger partial charge in [-0.2, -0.15) is 0 Å². The van der Waals surface area contributed by atoms with Gasteiger partial charge in [0.2, 0.25) is 21.8 Å². The van der Waals surface area contributed by atoms with Crippen molar-refractivity contribution in [2.45, 2.75) is 102 Å². The number of carbonyl (C=O) groups is 6. The Balaban J connectivity index is 1.60. The number of hydrogen-bond acceptors (Lipinski definition) is 10. The molecule has 2 aliphatic carbocycles. The number of amides is 5. The summed E-state index contributed by atoms with van der Waals surface area (Å²) in [7, 11) is -3.95. The van der Waals surface area contributed by atoms with Crippen LogP contribution in [0.5, 0.6) is 0 Å². The molecule has 5 amide bonds. The van der Waals surface area contributed by atoms with Gasteiger partial charge >= 0.3 is 18.2 Å². The number of nitrogens with zero attached hydrogens (tertiary/aromatic N) is 1. The molecule has 4 rings (SSSR count). The number of anilines is 1. The molecule has 1 aromatic carbocycles. The Hall–Kier alpha value is -4.67. The van der Waals surface area contributed by atoms with Gasteiger partial charge in [0.05, 0.1) is 23.0 Å². The van der Waals surface area contributed by atoms with E-state index in [1.807, 2.05) is 0 Å². The number of carboxylic acids is 1. The van der Waals surface area contributed by atoms with Gasteiger partial charge in [0, 0.05) is 12.3 Å². The molecule has 5 N–H and O–H groups in total. The van der Waals surface area contributed by atoms with Crippen LogP contribution in [0, 0.1) is 11.3 Å². The summed E-state index contributed by atoms with van der Waals surface area (Å²) in [5, 5.41) is 16.4. The maximum atomic E-state index is 14.2. The number of rotatable bonds is 11. The van der Waals surface area contributed by atoms with Gasteiger partial charge in [-0.05, 0) is 57.6 Å². The van der Waals surface area contributed by atoms with E-state index in [4.69, 9.17) is 9.47 Å². The van der Waals surface area contributed by atoms with Crippen LogP contribution in [0.4, 0.5) is 15.3 Å². The van der Waals surface area contributed by atoms with E-state index < -0.39 is 91.8 Å². The fourth-order valence-electron chi connectivity index (χ4n) is 5.70. The predicted octanol–water partition coefficient (Wildman–Crippen LogP) is 2.51. The zero-order valence-electron chi connectivity index (χ0n) is 28.9. The standard InChI is InChI=1S/C33H45N5O11S/c1-8-18-16-33(18,28(43)37-50(46,47)20-13-14-20)36-25(39)23-15-19(48-29(44)34-22-12-10-9-11-21(22)27(41)42)17-38(23)26(40)24(31(2,3)4)35-30(45)49-32(5,6)7/h8-12,18-20,23-24H,1,13-17H2,2-7H3,(H,34,44)(H,35,45)(H,36,39)(H,37,43)(H,41,42)/t18?,19-,23+,24-,33-/m1/s1. The van der Waals surface area contributed by atoms with Crippen molar-refractivity contribution in [3.05, 3.63) is 42.5 Å². The molecular weight excluding hydrogens is 674 g/mol. The monoisotopic (exact) mass is 719 g/mol. The van der Waals surface area contributed by atoms with Gasteiger partial charge in [-0.15, -0.1) is 6.58 Å². The Morgan fingerprint density at radius 3 is 2.22 bits per heavy atom. The Morgan fingerprint density at radius 2 is 1.68 bits per heavy atom. The number of carboxylic acid groups (broad SMARTS) is 1. The van der Waals surface area contributed by atoms with Gasteiger partial charge in [-0.3, -0.25) is 24.4 Å². The van der Waals surface area contributed by atoms with Gasteiger partial charge in [0.25, 0.3) is 5.91 Å². The predicted molar refractivity (Wildman–Crippen MR) is 179 cm³/mol. The minimum absolute atomic E-state index is 0.0436. The number of likely N-dealkylation sites (tertiary alicyclic amines) is 1. The van der Waals surface area contributed by atoms with E-state index in [0.29, 0.717) is 12.8 Å². The zero-order chi connectivity index (χ0) is 37.4. The van der Waals surface area contributed by atoms with Crippen LogP contribution in [0.15, 0.2) is 36.9 Å². The third-order valence-electron chi connectivity index (χ3n) is 8.54. The van der Waals surface area contributed by atoms with Crippen LogP contribution in [0.25, 0.3) is 0 Å². The van der Waals surface area contributed by atoms with Crippen molar-refractivity contribution >= 4 is 51.6 Å². The van der Waals surface area contributed by atoms with E-state index in [-0.39, 0.29) is 30.6 Å². The highest BCUT2D eigenvalue weighted by Crippen LogP contribution is 2.45. The van der Waals surface area contributed by atoms with Crippen molar-refractivity contribution in [2.75, 3.05) is 11.9 Å². The van der Waals surface area contributed by atoms with Crippen LogP contribution < -0.4 is 20.7 Å². The summed E-state index contributed by atoms with van der Waals surface area (Å²) in [5.41, 5.74) is -3.68. The fourth-order valence-corrected chi connectivity index (χ4v) is 7.07. The Kier molecular flexibility index (Phi) is 10.6. The van der Waals surface area contributed by atoms with E-state index in [2.05, 4.69) is 27.3 Å². The van der Waals surface area contributed by atoms with Crippen molar-refractivity contribution in [3.63, 3.8) is 0 Å². The smallest absolute Gasteiger partial charge is 0.411 e. The molecule has 3 aliphatic rings. The largest absolute Gasteiger partial charge is 0.478 e. The lowest BCUT2D eigenvalue weighted by Crippen LogP contribution is -2.60. The highest BCUT2D eigenvalue weighted by molar-refractivity contribution is 7.91. The second kappa shape index (κ2) is 13.9. The summed E-state index contributed by atoms with van der Waals surface area (Å²) in [6, 6.07) is 3.07. The topological polar surface area (TPSA) is 227 Å². The molecule has 0 aromatic heterocycles. The number of para-hydroxylation sites is 1. The van der Waals surface area contributed by atoms with Gasteiger partial charge in [-0.25, -0.2) is 22.8 Å². The molecule has 1 saturated heterocycles. The number of carbonyl (C=O) groups excluding carboxylic acids is 5.